The summed E-state index contributed by atoms with van der Waals surface area (Å²) in [6.07, 6.45) is 0. The zero-order valence-corrected chi connectivity index (χ0v) is 15.9. The number of benzene rings is 3. The molecule has 3 rings (SSSR count). The summed E-state index contributed by atoms with van der Waals surface area (Å²) in [5.74, 6) is -0.856. The number of nitrogens with one attached hydrogen (secondary N) is 2. The van der Waals surface area contributed by atoms with Gasteiger partial charge in [-0.1, -0.05) is 48.5 Å². The van der Waals surface area contributed by atoms with E-state index in [-0.39, 0.29) is 12.5 Å². The lowest BCUT2D eigenvalue weighted by atomic mass is 10.1. The zero-order valence-electron chi connectivity index (χ0n) is 15.9. The van der Waals surface area contributed by atoms with E-state index in [1.165, 1.54) is 6.07 Å². The summed E-state index contributed by atoms with van der Waals surface area (Å²) < 4.78 is 19.1. The summed E-state index contributed by atoms with van der Waals surface area (Å²) in [6, 6.07) is 20.7. The van der Waals surface area contributed by atoms with Crippen LogP contribution in [0.15, 0.2) is 72.8 Å². The minimum Gasteiger partial charge on any atom is -0.483 e. The van der Waals surface area contributed by atoms with Crippen LogP contribution in [-0.4, -0.2) is 18.4 Å². The summed E-state index contributed by atoms with van der Waals surface area (Å²) in [5, 5.41) is 5.40. The van der Waals surface area contributed by atoms with Gasteiger partial charge in [0.15, 0.2) is 6.61 Å². The van der Waals surface area contributed by atoms with E-state index in [1.807, 2.05) is 30.3 Å². The van der Waals surface area contributed by atoms with Crippen molar-refractivity contribution < 1.29 is 18.7 Å². The van der Waals surface area contributed by atoms with Crippen LogP contribution in [0.5, 0.6) is 5.75 Å². The van der Waals surface area contributed by atoms with Crippen molar-refractivity contribution in [2.75, 3.05) is 11.9 Å². The van der Waals surface area contributed by atoms with Crippen LogP contribution in [0.1, 0.15) is 21.5 Å². The number of ether oxygens (including phenoxy) is 1. The van der Waals surface area contributed by atoms with Crippen molar-refractivity contribution >= 4 is 17.5 Å². The van der Waals surface area contributed by atoms with Gasteiger partial charge in [-0.15, -0.1) is 0 Å². The van der Waals surface area contributed by atoms with Crippen LogP contribution in [0.3, 0.4) is 0 Å². The first-order valence-corrected chi connectivity index (χ1v) is 9.13. The van der Waals surface area contributed by atoms with Gasteiger partial charge >= 0.3 is 0 Å². The second-order valence-electron chi connectivity index (χ2n) is 6.47. The molecule has 2 amide bonds. The number of carbonyl (C=O) groups excluding carboxylic acids is 2. The van der Waals surface area contributed by atoms with E-state index in [1.54, 1.807) is 43.3 Å². The number of anilines is 1. The highest BCUT2D eigenvalue weighted by molar-refractivity contribution is 5.97. The maximum atomic E-state index is 13.6. The Labute approximate surface area is 168 Å². The minimum absolute atomic E-state index is 0.295. The summed E-state index contributed by atoms with van der Waals surface area (Å²) in [5.41, 5.74) is 2.15. The van der Waals surface area contributed by atoms with Gasteiger partial charge in [-0.2, -0.15) is 0 Å². The molecule has 0 aliphatic heterocycles. The van der Waals surface area contributed by atoms with E-state index in [9.17, 15) is 14.0 Å². The summed E-state index contributed by atoms with van der Waals surface area (Å²) in [4.78, 5) is 24.6. The van der Waals surface area contributed by atoms with Crippen LogP contribution < -0.4 is 15.4 Å². The highest BCUT2D eigenvalue weighted by atomic mass is 19.1. The average Bonchev–Trinajstić information content (AvgIpc) is 2.74. The standard InChI is InChI=1S/C23H21FN2O3/c1-16-11-12-18(13-20(16)24)26-22(27)15-29-21-10-6-5-9-19(21)23(28)25-14-17-7-3-2-4-8-17/h2-13H,14-15H2,1H3,(H,25,28)(H,26,27). The molecule has 0 unspecified atom stereocenters. The number of aryl methyl sites for hydroxylation is 1. The fraction of sp³-hybridized carbons (Fsp3) is 0.130. The van der Waals surface area contributed by atoms with Crippen molar-refractivity contribution in [1.29, 1.82) is 0 Å². The SMILES string of the molecule is Cc1ccc(NC(=O)COc2ccccc2C(=O)NCc2ccccc2)cc1F. The van der Waals surface area contributed by atoms with Crippen LogP contribution in [0, 0.1) is 12.7 Å². The van der Waals surface area contributed by atoms with Gasteiger partial charge in [0.1, 0.15) is 11.6 Å². The van der Waals surface area contributed by atoms with E-state index in [0.29, 0.717) is 29.1 Å². The van der Waals surface area contributed by atoms with Crippen molar-refractivity contribution in [3.05, 3.63) is 95.3 Å². The predicted molar refractivity (Wildman–Crippen MR) is 109 cm³/mol. The molecule has 3 aromatic carbocycles. The third kappa shape index (κ3) is 5.65. The Bertz CT molecular complexity index is 1010. The minimum atomic E-state index is -0.451. The Hall–Kier alpha value is -3.67. The Morgan fingerprint density at radius 3 is 2.45 bits per heavy atom. The third-order valence-corrected chi connectivity index (χ3v) is 4.24. The predicted octanol–water partition coefficient (Wildman–Crippen LogP) is 4.08. The van der Waals surface area contributed by atoms with Crippen LogP contribution >= 0.6 is 0 Å². The molecule has 0 spiro atoms. The molecule has 0 aromatic heterocycles. The lowest BCUT2D eigenvalue weighted by Gasteiger charge is -2.12. The molecule has 0 saturated heterocycles. The van der Waals surface area contributed by atoms with E-state index in [2.05, 4.69) is 10.6 Å². The number of rotatable bonds is 7. The number of carbonyl (C=O) groups is 2. The normalized spacial score (nSPS) is 10.3. The van der Waals surface area contributed by atoms with Crippen molar-refractivity contribution in [1.82, 2.24) is 5.32 Å². The molecule has 0 heterocycles. The molecule has 29 heavy (non-hydrogen) atoms. The molecular weight excluding hydrogens is 371 g/mol. The van der Waals surface area contributed by atoms with Gasteiger partial charge < -0.3 is 15.4 Å². The molecule has 0 fully saturated rings. The van der Waals surface area contributed by atoms with Gasteiger partial charge in [0.25, 0.3) is 11.8 Å². The Kier molecular flexibility index (Phi) is 6.58. The van der Waals surface area contributed by atoms with Crippen LogP contribution in [0.4, 0.5) is 10.1 Å². The Morgan fingerprint density at radius 2 is 1.69 bits per heavy atom. The van der Waals surface area contributed by atoms with Crippen LogP contribution in [-0.2, 0) is 11.3 Å². The highest BCUT2D eigenvalue weighted by Gasteiger charge is 2.13. The molecule has 0 radical (unpaired) electrons. The Morgan fingerprint density at radius 1 is 0.966 bits per heavy atom. The number of amides is 2. The molecule has 0 aliphatic rings. The maximum Gasteiger partial charge on any atom is 0.262 e. The van der Waals surface area contributed by atoms with Gasteiger partial charge in [-0.3, -0.25) is 9.59 Å². The molecule has 3 aromatic rings. The molecule has 148 valence electrons. The lowest BCUT2D eigenvalue weighted by molar-refractivity contribution is -0.118. The summed E-state index contributed by atoms with van der Waals surface area (Å²) in [6.45, 7) is 1.72. The highest BCUT2D eigenvalue weighted by Crippen LogP contribution is 2.18. The zero-order chi connectivity index (χ0) is 20.6. The second kappa shape index (κ2) is 9.50. The van der Waals surface area contributed by atoms with Crippen molar-refractivity contribution in [3.8, 4) is 5.75 Å². The smallest absolute Gasteiger partial charge is 0.262 e. The van der Waals surface area contributed by atoms with E-state index < -0.39 is 11.7 Å². The van der Waals surface area contributed by atoms with Gasteiger partial charge in [0.2, 0.25) is 0 Å². The maximum absolute atomic E-state index is 13.6. The van der Waals surface area contributed by atoms with Gasteiger partial charge in [-0.25, -0.2) is 4.39 Å². The fourth-order valence-corrected chi connectivity index (χ4v) is 2.66. The number of para-hydroxylation sites is 1. The van der Waals surface area contributed by atoms with Gasteiger partial charge in [0, 0.05) is 12.2 Å². The van der Waals surface area contributed by atoms with Crippen molar-refractivity contribution in [2.45, 2.75) is 13.5 Å². The monoisotopic (exact) mass is 392 g/mol. The molecule has 0 saturated carbocycles. The second-order valence-corrected chi connectivity index (χ2v) is 6.47. The summed E-state index contributed by atoms with van der Waals surface area (Å²) in [7, 11) is 0. The van der Waals surface area contributed by atoms with Crippen molar-refractivity contribution in [2.24, 2.45) is 0 Å². The number of hydrogen-bond acceptors (Lipinski definition) is 3. The fourth-order valence-electron chi connectivity index (χ4n) is 2.66. The molecule has 2 N–H and O–H groups in total. The Balaban J connectivity index is 1.58. The lowest BCUT2D eigenvalue weighted by Crippen LogP contribution is -2.25. The number of hydrogen-bond donors (Lipinski definition) is 2. The quantitative estimate of drug-likeness (QED) is 0.637. The van der Waals surface area contributed by atoms with Gasteiger partial charge in [0.05, 0.1) is 5.56 Å². The molecule has 0 aliphatic carbocycles. The molecule has 6 heteroatoms. The van der Waals surface area contributed by atoms with Crippen LogP contribution in [0.2, 0.25) is 0 Å². The molecule has 5 nitrogen and oxygen atoms in total. The van der Waals surface area contributed by atoms with Crippen LogP contribution in [0.25, 0.3) is 0 Å². The first-order valence-electron chi connectivity index (χ1n) is 9.13. The number of halogens is 1. The first-order chi connectivity index (χ1) is 14.0. The molecule has 0 atom stereocenters. The topological polar surface area (TPSA) is 67.4 Å². The van der Waals surface area contributed by atoms with E-state index in [0.717, 1.165) is 5.56 Å². The third-order valence-electron chi connectivity index (χ3n) is 4.24. The summed E-state index contributed by atoms with van der Waals surface area (Å²) >= 11 is 0. The molecular formula is C23H21FN2O3. The van der Waals surface area contributed by atoms with E-state index >= 15 is 0 Å². The van der Waals surface area contributed by atoms with Crippen molar-refractivity contribution in [3.63, 3.8) is 0 Å². The molecule has 0 bridgehead atoms. The average molecular weight is 392 g/mol. The van der Waals surface area contributed by atoms with E-state index in [4.69, 9.17) is 4.74 Å². The van der Waals surface area contributed by atoms with Gasteiger partial charge in [-0.05, 0) is 42.3 Å². The first kappa shape index (κ1) is 20.1. The largest absolute Gasteiger partial charge is 0.483 e.